The lowest BCUT2D eigenvalue weighted by molar-refractivity contribution is -0.159. The zero-order chi connectivity index (χ0) is 20.9. The smallest absolute Gasteiger partial charge is 0.209 e. The van der Waals surface area contributed by atoms with Gasteiger partial charge in [-0.25, -0.2) is 0 Å². The monoisotopic (exact) mass is 394 g/mol. The van der Waals surface area contributed by atoms with E-state index in [1.54, 1.807) is 0 Å². The largest absolute Gasteiger partial charge is 0.464 e. The van der Waals surface area contributed by atoms with Crippen LogP contribution in [0.4, 0.5) is 0 Å². The number of rotatable bonds is 8. The number of ether oxygens (including phenoxy) is 2. The van der Waals surface area contributed by atoms with E-state index < -0.39 is 0 Å². The average Bonchev–Trinajstić information content (AvgIpc) is 2.74. The van der Waals surface area contributed by atoms with Gasteiger partial charge in [-0.15, -0.1) is 0 Å². The van der Waals surface area contributed by atoms with Gasteiger partial charge in [-0.05, 0) is 69.2 Å². The highest BCUT2D eigenvalue weighted by Crippen LogP contribution is 2.44. The van der Waals surface area contributed by atoms with E-state index in [1.165, 1.54) is 36.0 Å². The summed E-state index contributed by atoms with van der Waals surface area (Å²) in [5, 5.41) is 0. The standard InChI is InChI=1S/C27H38O2/c1-6-22(5)23-12-16-25(17-13-23)29-26(28-20(2)3)27(18-8-7-9-19-27)24-14-10-21(4)11-15-24/h10-17,20,22,26H,6-9,18-19H2,1-5H3. The van der Waals surface area contributed by atoms with Crippen LogP contribution in [-0.2, 0) is 10.2 Å². The first-order chi connectivity index (χ1) is 13.9. The van der Waals surface area contributed by atoms with Gasteiger partial charge in [0.2, 0.25) is 6.29 Å². The Morgan fingerprint density at radius 3 is 2.03 bits per heavy atom. The highest BCUT2D eigenvalue weighted by Gasteiger charge is 2.44. The second-order valence-corrected chi connectivity index (χ2v) is 9.10. The van der Waals surface area contributed by atoms with Crippen molar-refractivity contribution in [3.05, 3.63) is 65.2 Å². The van der Waals surface area contributed by atoms with Gasteiger partial charge >= 0.3 is 0 Å². The predicted octanol–water partition coefficient (Wildman–Crippen LogP) is 7.54. The van der Waals surface area contributed by atoms with Gasteiger partial charge in [0.25, 0.3) is 0 Å². The average molecular weight is 395 g/mol. The molecule has 1 aliphatic rings. The van der Waals surface area contributed by atoms with Crippen LogP contribution in [0.15, 0.2) is 48.5 Å². The fraction of sp³-hybridized carbons (Fsp3) is 0.556. The molecule has 0 radical (unpaired) electrons. The minimum Gasteiger partial charge on any atom is -0.464 e. The maximum Gasteiger partial charge on any atom is 0.209 e. The van der Waals surface area contributed by atoms with Crippen LogP contribution in [0.2, 0.25) is 0 Å². The summed E-state index contributed by atoms with van der Waals surface area (Å²) in [4.78, 5) is 0. The summed E-state index contributed by atoms with van der Waals surface area (Å²) < 4.78 is 13.1. The number of aryl methyl sites for hydroxylation is 1. The third-order valence-corrected chi connectivity index (χ3v) is 6.52. The minimum atomic E-state index is -0.278. The molecule has 158 valence electrons. The van der Waals surface area contributed by atoms with Gasteiger partial charge in [-0.2, -0.15) is 0 Å². The Morgan fingerprint density at radius 2 is 1.48 bits per heavy atom. The fourth-order valence-corrected chi connectivity index (χ4v) is 4.48. The zero-order valence-corrected chi connectivity index (χ0v) is 18.9. The summed E-state index contributed by atoms with van der Waals surface area (Å²) in [7, 11) is 0. The van der Waals surface area contributed by atoms with Crippen molar-refractivity contribution < 1.29 is 9.47 Å². The molecule has 0 aromatic heterocycles. The van der Waals surface area contributed by atoms with Crippen molar-refractivity contribution in [3.63, 3.8) is 0 Å². The molecule has 3 rings (SSSR count). The first kappa shape index (κ1) is 21.9. The first-order valence-corrected chi connectivity index (χ1v) is 11.4. The molecule has 1 saturated carbocycles. The van der Waals surface area contributed by atoms with Crippen molar-refractivity contribution in [2.45, 2.75) is 96.9 Å². The third-order valence-electron chi connectivity index (χ3n) is 6.52. The van der Waals surface area contributed by atoms with Gasteiger partial charge in [0, 0.05) is 0 Å². The van der Waals surface area contributed by atoms with Crippen molar-refractivity contribution in [2.24, 2.45) is 0 Å². The zero-order valence-electron chi connectivity index (χ0n) is 18.9. The fourth-order valence-electron chi connectivity index (χ4n) is 4.48. The van der Waals surface area contributed by atoms with E-state index >= 15 is 0 Å². The van der Waals surface area contributed by atoms with Crippen LogP contribution in [0, 0.1) is 6.92 Å². The number of hydrogen-bond acceptors (Lipinski definition) is 2. The van der Waals surface area contributed by atoms with E-state index in [0.717, 1.165) is 25.0 Å². The molecule has 1 fully saturated rings. The van der Waals surface area contributed by atoms with Gasteiger partial charge < -0.3 is 9.47 Å². The van der Waals surface area contributed by atoms with Gasteiger partial charge in [0.05, 0.1) is 11.5 Å². The van der Waals surface area contributed by atoms with Crippen LogP contribution in [0.3, 0.4) is 0 Å². The molecule has 0 saturated heterocycles. The second-order valence-electron chi connectivity index (χ2n) is 9.10. The molecule has 29 heavy (non-hydrogen) atoms. The Morgan fingerprint density at radius 1 is 0.862 bits per heavy atom. The third kappa shape index (κ3) is 5.22. The minimum absolute atomic E-state index is 0.0917. The molecular weight excluding hydrogens is 356 g/mol. The topological polar surface area (TPSA) is 18.5 Å². The maximum atomic E-state index is 6.60. The van der Waals surface area contributed by atoms with Crippen LogP contribution in [-0.4, -0.2) is 12.4 Å². The molecule has 2 heteroatoms. The second kappa shape index (κ2) is 9.80. The van der Waals surface area contributed by atoms with Crippen molar-refractivity contribution in [1.29, 1.82) is 0 Å². The molecule has 2 aromatic rings. The summed E-state index contributed by atoms with van der Waals surface area (Å²) in [5.41, 5.74) is 3.92. The molecule has 2 atom stereocenters. The van der Waals surface area contributed by atoms with E-state index in [4.69, 9.17) is 9.47 Å². The highest BCUT2D eigenvalue weighted by atomic mass is 16.7. The molecule has 1 aliphatic carbocycles. The highest BCUT2D eigenvalue weighted by molar-refractivity contribution is 5.33. The number of hydrogen-bond donors (Lipinski definition) is 0. The van der Waals surface area contributed by atoms with Crippen molar-refractivity contribution in [2.75, 3.05) is 0 Å². The Labute approximate surface area is 177 Å². The van der Waals surface area contributed by atoms with Gasteiger partial charge in [-0.3, -0.25) is 0 Å². The quantitative estimate of drug-likeness (QED) is 0.431. The lowest BCUT2D eigenvalue weighted by Crippen LogP contribution is -2.47. The van der Waals surface area contributed by atoms with Gasteiger partial charge in [0.1, 0.15) is 5.75 Å². The molecular formula is C27H38O2. The normalized spacial score (nSPS) is 18.4. The van der Waals surface area contributed by atoms with E-state index in [2.05, 4.69) is 83.1 Å². The molecule has 2 nitrogen and oxygen atoms in total. The molecule has 2 unspecified atom stereocenters. The summed E-state index contributed by atoms with van der Waals surface area (Å²) in [5.74, 6) is 1.48. The molecule has 2 aromatic carbocycles. The molecule has 0 aliphatic heterocycles. The van der Waals surface area contributed by atoms with Crippen molar-refractivity contribution in [3.8, 4) is 5.75 Å². The Kier molecular flexibility index (Phi) is 7.40. The SMILES string of the molecule is CCC(C)c1ccc(OC(OC(C)C)C2(c3ccc(C)cc3)CCCCC2)cc1. The van der Waals surface area contributed by atoms with E-state index in [1.807, 2.05) is 0 Å². The Balaban J connectivity index is 1.92. The summed E-state index contributed by atoms with van der Waals surface area (Å²) in [6.45, 7) is 10.9. The summed E-state index contributed by atoms with van der Waals surface area (Å²) >= 11 is 0. The Hall–Kier alpha value is -1.80. The molecule has 0 amide bonds. The number of benzene rings is 2. The van der Waals surface area contributed by atoms with Crippen LogP contribution in [0.25, 0.3) is 0 Å². The summed E-state index contributed by atoms with van der Waals surface area (Å²) in [6, 6.07) is 17.6. The summed E-state index contributed by atoms with van der Waals surface area (Å²) in [6.07, 6.45) is 6.95. The van der Waals surface area contributed by atoms with Crippen LogP contribution in [0.1, 0.15) is 88.8 Å². The molecule has 0 N–H and O–H groups in total. The Bertz CT molecular complexity index is 739. The molecule has 0 heterocycles. The van der Waals surface area contributed by atoms with Crippen LogP contribution in [0.5, 0.6) is 5.75 Å². The van der Waals surface area contributed by atoms with E-state index in [9.17, 15) is 0 Å². The van der Waals surface area contributed by atoms with E-state index in [0.29, 0.717) is 5.92 Å². The van der Waals surface area contributed by atoms with Crippen molar-refractivity contribution >= 4 is 0 Å². The lowest BCUT2D eigenvalue weighted by Gasteiger charge is -2.44. The van der Waals surface area contributed by atoms with E-state index in [-0.39, 0.29) is 17.8 Å². The maximum absolute atomic E-state index is 6.60. The lowest BCUT2D eigenvalue weighted by atomic mass is 9.68. The van der Waals surface area contributed by atoms with Gasteiger partial charge in [-0.1, -0.05) is 75.1 Å². The molecule has 0 spiro atoms. The van der Waals surface area contributed by atoms with Crippen molar-refractivity contribution in [1.82, 2.24) is 0 Å². The van der Waals surface area contributed by atoms with Crippen LogP contribution < -0.4 is 4.74 Å². The molecule has 0 bridgehead atoms. The predicted molar refractivity (Wildman–Crippen MR) is 122 cm³/mol. The van der Waals surface area contributed by atoms with Crippen LogP contribution >= 0.6 is 0 Å². The first-order valence-electron chi connectivity index (χ1n) is 11.4. The van der Waals surface area contributed by atoms with Gasteiger partial charge in [0.15, 0.2) is 0 Å².